The van der Waals surface area contributed by atoms with Gasteiger partial charge in [-0.05, 0) is 56.7 Å². The Morgan fingerprint density at radius 1 is 0.708 bits per heavy atom. The van der Waals surface area contributed by atoms with Gasteiger partial charge in [0.25, 0.3) is 0 Å². The Balaban J connectivity index is 1.63. The monoisotopic (exact) mass is 324 g/mol. The van der Waals surface area contributed by atoms with Crippen LogP contribution in [0.1, 0.15) is 51.4 Å². The third-order valence-corrected chi connectivity index (χ3v) is 4.60. The maximum atomic E-state index is 11.8. The lowest BCUT2D eigenvalue weighted by Gasteiger charge is -2.14. The lowest BCUT2D eigenvalue weighted by atomic mass is 9.94. The van der Waals surface area contributed by atoms with Gasteiger partial charge in [0.1, 0.15) is 0 Å². The first-order valence-electron chi connectivity index (χ1n) is 8.80. The van der Waals surface area contributed by atoms with E-state index in [2.05, 4.69) is 10.6 Å². The fraction of sp³-hybridized carbons (Fsp3) is 0.400. The summed E-state index contributed by atoms with van der Waals surface area (Å²) in [5, 5.41) is 6.44. The number of nitrogens with one attached hydrogen (secondary N) is 2. The second kappa shape index (κ2) is 7.95. The molecule has 1 aromatic rings. The van der Waals surface area contributed by atoms with Crippen molar-refractivity contribution in [2.75, 3.05) is 10.6 Å². The van der Waals surface area contributed by atoms with Gasteiger partial charge in [-0.1, -0.05) is 6.07 Å². The van der Waals surface area contributed by atoms with Crippen molar-refractivity contribution in [3.63, 3.8) is 0 Å². The Bertz CT molecular complexity index is 633. The molecule has 0 atom stereocenters. The summed E-state index contributed by atoms with van der Waals surface area (Å²) in [7, 11) is 0. The molecule has 4 nitrogen and oxygen atoms in total. The molecule has 2 aliphatic carbocycles. The second-order valence-corrected chi connectivity index (χ2v) is 6.47. The largest absolute Gasteiger partial charge is 0.361 e. The summed E-state index contributed by atoms with van der Waals surface area (Å²) in [6.45, 7) is 0. The molecule has 0 unspecified atom stereocenters. The molecule has 24 heavy (non-hydrogen) atoms. The number of benzene rings is 1. The maximum absolute atomic E-state index is 11.8. The fourth-order valence-corrected chi connectivity index (χ4v) is 3.15. The van der Waals surface area contributed by atoms with Crippen LogP contribution in [-0.4, -0.2) is 11.6 Å². The van der Waals surface area contributed by atoms with E-state index in [0.29, 0.717) is 12.8 Å². The molecule has 2 aliphatic rings. The molecule has 0 aromatic heterocycles. The molecule has 2 N–H and O–H groups in total. The van der Waals surface area contributed by atoms with Crippen molar-refractivity contribution >= 4 is 22.9 Å². The summed E-state index contributed by atoms with van der Waals surface area (Å²) >= 11 is 0. The summed E-state index contributed by atoms with van der Waals surface area (Å²) in [5.74, 6) is 0.507. The van der Waals surface area contributed by atoms with Crippen LogP contribution in [0, 0.1) is 0 Å². The first-order chi connectivity index (χ1) is 11.7. The number of carbonyl (C=O) groups is 2. The average Bonchev–Trinajstić information content (AvgIpc) is 2.61. The van der Waals surface area contributed by atoms with Crippen LogP contribution in [-0.2, 0) is 9.59 Å². The van der Waals surface area contributed by atoms with Gasteiger partial charge in [0.05, 0.1) is 0 Å². The fourth-order valence-electron chi connectivity index (χ4n) is 3.15. The van der Waals surface area contributed by atoms with Crippen molar-refractivity contribution in [2.45, 2.75) is 51.4 Å². The number of ketones is 2. The van der Waals surface area contributed by atoms with Gasteiger partial charge in [0, 0.05) is 47.8 Å². The quantitative estimate of drug-likeness (QED) is 0.797. The molecule has 0 bridgehead atoms. The van der Waals surface area contributed by atoms with Crippen LogP contribution >= 0.6 is 0 Å². The van der Waals surface area contributed by atoms with E-state index in [1.54, 1.807) is 0 Å². The number of hydrogen-bond donors (Lipinski definition) is 2. The van der Waals surface area contributed by atoms with E-state index in [-0.39, 0.29) is 11.6 Å². The number of rotatable bonds is 4. The zero-order chi connectivity index (χ0) is 16.8. The molecule has 1 aromatic carbocycles. The van der Waals surface area contributed by atoms with Gasteiger partial charge in [0.15, 0.2) is 11.6 Å². The van der Waals surface area contributed by atoms with Crippen LogP contribution in [0.25, 0.3) is 0 Å². The highest BCUT2D eigenvalue weighted by Gasteiger charge is 2.15. The van der Waals surface area contributed by atoms with E-state index in [4.69, 9.17) is 0 Å². The SMILES string of the molecule is O=C1CCCC/C1=C/Nc1cccc(N/C=C2/CCCCC2=O)c1. The number of Topliss-reactive ketones (excluding diaryl/α,β-unsaturated/α-hetero) is 2. The Kier molecular flexibility index (Phi) is 5.47. The van der Waals surface area contributed by atoms with E-state index < -0.39 is 0 Å². The summed E-state index contributed by atoms with van der Waals surface area (Å²) in [5.41, 5.74) is 3.63. The minimum Gasteiger partial charge on any atom is -0.361 e. The zero-order valence-corrected chi connectivity index (χ0v) is 13.9. The van der Waals surface area contributed by atoms with Gasteiger partial charge >= 0.3 is 0 Å². The smallest absolute Gasteiger partial charge is 0.160 e. The Hall–Kier alpha value is -2.36. The van der Waals surface area contributed by atoms with Crippen LogP contribution in [0.3, 0.4) is 0 Å². The van der Waals surface area contributed by atoms with Crippen LogP contribution < -0.4 is 10.6 Å². The van der Waals surface area contributed by atoms with Crippen LogP contribution in [0.5, 0.6) is 0 Å². The molecular formula is C20H24N2O2. The van der Waals surface area contributed by atoms with Gasteiger partial charge < -0.3 is 10.6 Å². The highest BCUT2D eigenvalue weighted by Crippen LogP contribution is 2.22. The topological polar surface area (TPSA) is 58.2 Å². The van der Waals surface area contributed by atoms with Gasteiger partial charge in [-0.25, -0.2) is 0 Å². The normalized spacial score (nSPS) is 22.0. The van der Waals surface area contributed by atoms with Crippen molar-refractivity contribution in [2.24, 2.45) is 0 Å². The number of anilines is 2. The lowest BCUT2D eigenvalue weighted by molar-refractivity contribution is -0.117. The van der Waals surface area contributed by atoms with Gasteiger partial charge in [0.2, 0.25) is 0 Å². The zero-order valence-electron chi connectivity index (χ0n) is 13.9. The Morgan fingerprint density at radius 3 is 1.62 bits per heavy atom. The van der Waals surface area contributed by atoms with Crippen molar-refractivity contribution in [1.82, 2.24) is 0 Å². The van der Waals surface area contributed by atoms with E-state index in [0.717, 1.165) is 61.0 Å². The molecule has 0 amide bonds. The summed E-state index contributed by atoms with van der Waals surface area (Å²) < 4.78 is 0. The van der Waals surface area contributed by atoms with Crippen LogP contribution in [0.4, 0.5) is 11.4 Å². The minimum absolute atomic E-state index is 0.253. The summed E-state index contributed by atoms with van der Waals surface area (Å²) in [6, 6.07) is 7.87. The number of allylic oxidation sites excluding steroid dienone is 2. The molecule has 0 heterocycles. The molecule has 0 aliphatic heterocycles. The van der Waals surface area contributed by atoms with Crippen molar-refractivity contribution in [1.29, 1.82) is 0 Å². The molecule has 2 saturated carbocycles. The highest BCUT2D eigenvalue weighted by atomic mass is 16.1. The molecule has 126 valence electrons. The standard InChI is InChI=1S/C20H24N2O2/c23-19-10-3-1-6-15(19)13-21-17-8-5-9-18(12-17)22-14-16-7-2-4-11-20(16)24/h5,8-9,12-14,21-22H,1-4,6-7,10-11H2/b15-13-,16-14-. The third kappa shape index (κ3) is 4.34. The predicted molar refractivity (Wildman–Crippen MR) is 96.8 cm³/mol. The van der Waals surface area contributed by atoms with Crippen molar-refractivity contribution < 1.29 is 9.59 Å². The van der Waals surface area contributed by atoms with E-state index in [1.165, 1.54) is 0 Å². The Morgan fingerprint density at radius 2 is 1.17 bits per heavy atom. The second-order valence-electron chi connectivity index (χ2n) is 6.47. The van der Waals surface area contributed by atoms with E-state index >= 15 is 0 Å². The molecular weight excluding hydrogens is 300 g/mol. The third-order valence-electron chi connectivity index (χ3n) is 4.60. The number of carbonyl (C=O) groups excluding carboxylic acids is 2. The molecule has 0 saturated heterocycles. The van der Waals surface area contributed by atoms with Gasteiger partial charge in [-0.2, -0.15) is 0 Å². The van der Waals surface area contributed by atoms with E-state index in [9.17, 15) is 9.59 Å². The first kappa shape index (κ1) is 16.5. The molecule has 4 heteroatoms. The average molecular weight is 324 g/mol. The van der Waals surface area contributed by atoms with Crippen LogP contribution in [0.2, 0.25) is 0 Å². The minimum atomic E-state index is 0.253. The highest BCUT2D eigenvalue weighted by molar-refractivity contribution is 5.96. The Labute approximate surface area is 143 Å². The molecule has 0 spiro atoms. The van der Waals surface area contributed by atoms with Gasteiger partial charge in [-0.3, -0.25) is 9.59 Å². The molecule has 0 radical (unpaired) electrons. The first-order valence-corrected chi connectivity index (χ1v) is 8.80. The molecule has 2 fully saturated rings. The number of hydrogen-bond acceptors (Lipinski definition) is 4. The predicted octanol–water partition coefficient (Wildman–Crippen LogP) is 4.56. The maximum Gasteiger partial charge on any atom is 0.160 e. The summed E-state index contributed by atoms with van der Waals surface area (Å²) in [6.07, 6.45) is 10.9. The molecule has 3 rings (SSSR count). The summed E-state index contributed by atoms with van der Waals surface area (Å²) in [4.78, 5) is 23.7. The van der Waals surface area contributed by atoms with E-state index in [1.807, 2.05) is 36.7 Å². The van der Waals surface area contributed by atoms with Gasteiger partial charge in [-0.15, -0.1) is 0 Å². The lowest BCUT2D eigenvalue weighted by Crippen LogP contribution is -2.10. The van der Waals surface area contributed by atoms with Crippen molar-refractivity contribution in [3.05, 3.63) is 47.8 Å². The van der Waals surface area contributed by atoms with Crippen LogP contribution in [0.15, 0.2) is 47.8 Å². The van der Waals surface area contributed by atoms with Crippen molar-refractivity contribution in [3.8, 4) is 0 Å².